The van der Waals surface area contributed by atoms with E-state index in [0.717, 1.165) is 42.7 Å². The van der Waals surface area contributed by atoms with Crippen molar-refractivity contribution in [1.82, 2.24) is 0 Å². The van der Waals surface area contributed by atoms with Gasteiger partial charge in [-0.15, -0.1) is 0 Å². The number of rotatable bonds is 8. The summed E-state index contributed by atoms with van der Waals surface area (Å²) in [4.78, 5) is 23.2. The maximum absolute atomic E-state index is 12.2. The fourth-order valence-corrected chi connectivity index (χ4v) is 3.21. The van der Waals surface area contributed by atoms with E-state index in [1.54, 1.807) is 12.1 Å². The number of hydrogen-bond donors (Lipinski definition) is 1. The number of benzene rings is 1. The minimum atomic E-state index is -0.906. The molecule has 1 aromatic carbocycles. The lowest BCUT2D eigenvalue weighted by molar-refractivity contribution is -0.149. The van der Waals surface area contributed by atoms with E-state index in [4.69, 9.17) is 9.84 Å². The van der Waals surface area contributed by atoms with Gasteiger partial charge in [0.05, 0.1) is 18.1 Å². The molecule has 4 heteroatoms. The summed E-state index contributed by atoms with van der Waals surface area (Å²) >= 11 is 0. The fraction of sp³-hybridized carbons (Fsp3) is 0.652. The minimum absolute atomic E-state index is 0.0937. The zero-order chi connectivity index (χ0) is 20.2. The van der Waals surface area contributed by atoms with Crippen LogP contribution >= 0.6 is 0 Å². The van der Waals surface area contributed by atoms with Crippen LogP contribution in [0.2, 0.25) is 0 Å². The molecule has 1 N–H and O–H groups in total. The van der Waals surface area contributed by atoms with Crippen molar-refractivity contribution in [3.05, 3.63) is 34.9 Å². The smallest absolute Gasteiger partial charge is 0.335 e. The van der Waals surface area contributed by atoms with Gasteiger partial charge >= 0.3 is 11.9 Å². The number of aromatic carboxylic acids is 1. The molecule has 0 radical (unpaired) electrons. The number of aryl methyl sites for hydroxylation is 1. The Labute approximate surface area is 164 Å². The Morgan fingerprint density at radius 2 is 1.85 bits per heavy atom. The Bertz CT molecular complexity index is 592. The summed E-state index contributed by atoms with van der Waals surface area (Å²) < 4.78 is 5.43. The highest BCUT2D eigenvalue weighted by Gasteiger charge is 2.26. The predicted molar refractivity (Wildman–Crippen MR) is 109 cm³/mol. The molecule has 0 saturated heterocycles. The number of carbonyl (C=O) groups is 2. The van der Waals surface area contributed by atoms with Crippen molar-refractivity contribution in [2.24, 2.45) is 11.8 Å². The van der Waals surface area contributed by atoms with Crippen molar-refractivity contribution in [3.8, 4) is 0 Å². The van der Waals surface area contributed by atoms with Gasteiger partial charge in [-0.1, -0.05) is 59.4 Å². The molecule has 0 heterocycles. The van der Waals surface area contributed by atoms with E-state index in [2.05, 4.69) is 27.7 Å². The number of carbonyl (C=O) groups excluding carboxylic acids is 1. The van der Waals surface area contributed by atoms with E-state index in [1.165, 1.54) is 19.3 Å². The molecule has 1 aromatic rings. The second-order valence-corrected chi connectivity index (χ2v) is 7.85. The third kappa shape index (κ3) is 8.59. The third-order valence-electron chi connectivity index (χ3n) is 4.69. The third-order valence-corrected chi connectivity index (χ3v) is 4.69. The second kappa shape index (κ2) is 12.5. The van der Waals surface area contributed by atoms with Gasteiger partial charge in [0.2, 0.25) is 0 Å². The molecule has 0 spiro atoms. The minimum Gasteiger partial charge on any atom is -0.478 e. The summed E-state index contributed by atoms with van der Waals surface area (Å²) in [5, 5.41) is 9.04. The monoisotopic (exact) mass is 376 g/mol. The molecule has 1 aliphatic rings. The molecular weight excluding hydrogens is 340 g/mol. The summed E-state index contributed by atoms with van der Waals surface area (Å²) in [6.45, 7) is 9.21. The highest BCUT2D eigenvalue weighted by atomic mass is 16.5. The van der Waals surface area contributed by atoms with Gasteiger partial charge < -0.3 is 9.84 Å². The van der Waals surface area contributed by atoms with Gasteiger partial charge in [-0.25, -0.2) is 4.79 Å². The van der Waals surface area contributed by atoms with E-state index in [1.807, 2.05) is 6.07 Å². The molecule has 0 bridgehead atoms. The average molecular weight is 377 g/mol. The molecule has 4 nitrogen and oxygen atoms in total. The number of ether oxygens (including phenoxy) is 1. The highest BCUT2D eigenvalue weighted by molar-refractivity contribution is 5.88. The maximum Gasteiger partial charge on any atom is 0.335 e. The largest absolute Gasteiger partial charge is 0.478 e. The highest BCUT2D eigenvalue weighted by Crippen LogP contribution is 2.27. The van der Waals surface area contributed by atoms with E-state index in [-0.39, 0.29) is 11.9 Å². The lowest BCUT2D eigenvalue weighted by Crippen LogP contribution is -2.25. The van der Waals surface area contributed by atoms with Crippen LogP contribution in [0.25, 0.3) is 0 Å². The van der Waals surface area contributed by atoms with E-state index < -0.39 is 5.97 Å². The van der Waals surface area contributed by atoms with Crippen molar-refractivity contribution in [2.45, 2.75) is 79.1 Å². The van der Waals surface area contributed by atoms with E-state index >= 15 is 0 Å². The molecule has 0 aromatic heterocycles. The van der Waals surface area contributed by atoms with Crippen LogP contribution in [0.4, 0.5) is 0 Å². The van der Waals surface area contributed by atoms with Crippen LogP contribution in [0.3, 0.4) is 0 Å². The number of carboxylic acids is 1. The fourth-order valence-electron chi connectivity index (χ4n) is 3.21. The molecule has 1 atom stereocenters. The standard InChI is InChI=1S/C20H28O4.C3H8/c1-14(2)6-4-3-5-11-24-20(23)18-10-8-15-12-17(19(21)22)9-7-16(15)13-18;1-3-2/h7,9,12,14,18H,3-6,8,10-11,13H2,1-2H3,(H,21,22);3H2,1-2H3. The lowest BCUT2D eigenvalue weighted by Gasteiger charge is -2.23. The zero-order valence-electron chi connectivity index (χ0n) is 17.4. The van der Waals surface area contributed by atoms with Gasteiger partial charge in [0.15, 0.2) is 0 Å². The van der Waals surface area contributed by atoms with Crippen LogP contribution in [0.15, 0.2) is 18.2 Å². The van der Waals surface area contributed by atoms with Crippen LogP contribution in [-0.4, -0.2) is 23.7 Å². The summed E-state index contributed by atoms with van der Waals surface area (Å²) in [5.41, 5.74) is 2.44. The van der Waals surface area contributed by atoms with Gasteiger partial charge in [-0.3, -0.25) is 4.79 Å². The lowest BCUT2D eigenvalue weighted by atomic mass is 9.83. The topological polar surface area (TPSA) is 63.6 Å². The molecule has 2 rings (SSSR count). The molecule has 27 heavy (non-hydrogen) atoms. The van der Waals surface area contributed by atoms with Crippen molar-refractivity contribution in [1.29, 1.82) is 0 Å². The van der Waals surface area contributed by atoms with Gasteiger partial charge in [-0.05, 0) is 54.9 Å². The molecular formula is C23H36O4. The van der Waals surface area contributed by atoms with Crippen molar-refractivity contribution in [3.63, 3.8) is 0 Å². The van der Waals surface area contributed by atoms with Gasteiger partial charge in [0, 0.05) is 0 Å². The second-order valence-electron chi connectivity index (χ2n) is 7.85. The summed E-state index contributed by atoms with van der Waals surface area (Å²) in [5.74, 6) is -0.371. The SMILES string of the molecule is CC(C)CCCCCOC(=O)C1CCc2cc(C(=O)O)ccc2C1.CCC. The van der Waals surface area contributed by atoms with E-state index in [0.29, 0.717) is 18.6 Å². The first-order valence-corrected chi connectivity index (χ1v) is 10.4. The first-order chi connectivity index (χ1) is 12.9. The molecule has 152 valence electrons. The quantitative estimate of drug-likeness (QED) is 0.469. The van der Waals surface area contributed by atoms with Crippen molar-refractivity contribution >= 4 is 11.9 Å². The van der Waals surface area contributed by atoms with E-state index in [9.17, 15) is 9.59 Å². The molecule has 0 fully saturated rings. The Morgan fingerprint density at radius 1 is 1.15 bits per heavy atom. The number of carboxylic acid groups (broad SMARTS) is 1. The van der Waals surface area contributed by atoms with Crippen molar-refractivity contribution in [2.75, 3.05) is 6.61 Å². The zero-order valence-corrected chi connectivity index (χ0v) is 17.4. The first-order valence-electron chi connectivity index (χ1n) is 10.4. The molecule has 1 aliphatic carbocycles. The molecule has 0 saturated carbocycles. The summed E-state index contributed by atoms with van der Waals surface area (Å²) in [7, 11) is 0. The van der Waals surface area contributed by atoms with Gasteiger partial charge in [0.1, 0.15) is 0 Å². The Hall–Kier alpha value is -1.84. The molecule has 0 amide bonds. The number of fused-ring (bicyclic) bond motifs is 1. The number of esters is 1. The van der Waals surface area contributed by atoms with Gasteiger partial charge in [-0.2, -0.15) is 0 Å². The maximum atomic E-state index is 12.2. The molecule has 0 aliphatic heterocycles. The summed E-state index contributed by atoms with van der Waals surface area (Å²) in [6, 6.07) is 5.18. The van der Waals surface area contributed by atoms with Crippen molar-refractivity contribution < 1.29 is 19.4 Å². The Morgan fingerprint density at radius 3 is 2.48 bits per heavy atom. The van der Waals surface area contributed by atoms with Crippen LogP contribution < -0.4 is 0 Å². The summed E-state index contributed by atoms with van der Waals surface area (Å²) in [6.07, 6.45) is 7.85. The normalized spacial score (nSPS) is 15.5. The predicted octanol–water partition coefficient (Wildman–Crippen LogP) is 5.67. The Balaban J connectivity index is 0.00000114. The van der Waals surface area contributed by atoms with Crippen LogP contribution in [-0.2, 0) is 22.4 Å². The van der Waals surface area contributed by atoms with Crippen LogP contribution in [0.5, 0.6) is 0 Å². The number of hydrogen-bond acceptors (Lipinski definition) is 3. The average Bonchev–Trinajstić information content (AvgIpc) is 2.63. The Kier molecular flexibility index (Phi) is 10.8. The van der Waals surface area contributed by atoms with Crippen LogP contribution in [0.1, 0.15) is 87.7 Å². The van der Waals surface area contributed by atoms with Gasteiger partial charge in [0.25, 0.3) is 0 Å². The number of unbranched alkanes of at least 4 members (excludes halogenated alkanes) is 2. The first kappa shape index (κ1) is 23.2. The van der Waals surface area contributed by atoms with Crippen LogP contribution in [0, 0.1) is 11.8 Å². The molecule has 1 unspecified atom stereocenters.